The second-order valence-corrected chi connectivity index (χ2v) is 5.51. The van der Waals surface area contributed by atoms with Crippen molar-refractivity contribution in [2.75, 3.05) is 13.7 Å². The summed E-state index contributed by atoms with van der Waals surface area (Å²) < 4.78 is 11.2. The summed E-state index contributed by atoms with van der Waals surface area (Å²) in [5, 5.41) is 0. The van der Waals surface area contributed by atoms with Crippen LogP contribution in [0.2, 0.25) is 0 Å². The van der Waals surface area contributed by atoms with E-state index in [2.05, 4.69) is 29.8 Å². The SMILES string of the molecule is COC(COC1CCCC1Br)C(C)C. The van der Waals surface area contributed by atoms with Crippen LogP contribution in [0.3, 0.4) is 0 Å². The van der Waals surface area contributed by atoms with Gasteiger partial charge in [0.05, 0.1) is 18.8 Å². The molecule has 0 radical (unpaired) electrons. The van der Waals surface area contributed by atoms with Gasteiger partial charge in [0.15, 0.2) is 0 Å². The number of alkyl halides is 1. The fourth-order valence-electron chi connectivity index (χ4n) is 1.82. The Morgan fingerprint density at radius 2 is 2.07 bits per heavy atom. The number of halogens is 1. The molecule has 84 valence electrons. The van der Waals surface area contributed by atoms with Crippen molar-refractivity contribution in [3.63, 3.8) is 0 Å². The first-order chi connectivity index (χ1) is 6.65. The summed E-state index contributed by atoms with van der Waals surface area (Å²) >= 11 is 3.65. The summed E-state index contributed by atoms with van der Waals surface area (Å²) in [6, 6.07) is 0. The fraction of sp³-hybridized carbons (Fsp3) is 1.00. The highest BCUT2D eigenvalue weighted by Crippen LogP contribution is 2.28. The van der Waals surface area contributed by atoms with Crippen molar-refractivity contribution in [3.8, 4) is 0 Å². The molecule has 0 heterocycles. The van der Waals surface area contributed by atoms with Gasteiger partial charge in [-0.05, 0) is 25.2 Å². The summed E-state index contributed by atoms with van der Waals surface area (Å²) in [7, 11) is 1.76. The molecule has 3 unspecified atom stereocenters. The molecule has 0 bridgehead atoms. The van der Waals surface area contributed by atoms with Crippen LogP contribution in [0.15, 0.2) is 0 Å². The maximum absolute atomic E-state index is 5.86. The largest absolute Gasteiger partial charge is 0.379 e. The van der Waals surface area contributed by atoms with Crippen LogP contribution in [-0.2, 0) is 9.47 Å². The standard InChI is InChI=1S/C11H21BrO2/c1-8(2)11(13-3)7-14-10-6-4-5-9(10)12/h8-11H,4-7H2,1-3H3. The van der Waals surface area contributed by atoms with Crippen LogP contribution >= 0.6 is 15.9 Å². The number of rotatable bonds is 5. The first kappa shape index (κ1) is 12.5. The van der Waals surface area contributed by atoms with E-state index >= 15 is 0 Å². The van der Waals surface area contributed by atoms with E-state index in [-0.39, 0.29) is 6.10 Å². The van der Waals surface area contributed by atoms with Gasteiger partial charge in [-0.15, -0.1) is 0 Å². The van der Waals surface area contributed by atoms with Crippen LogP contribution in [0.4, 0.5) is 0 Å². The molecule has 0 saturated heterocycles. The maximum Gasteiger partial charge on any atom is 0.0827 e. The Kier molecular flexibility index (Phi) is 5.42. The van der Waals surface area contributed by atoms with Crippen molar-refractivity contribution in [3.05, 3.63) is 0 Å². The molecule has 3 atom stereocenters. The van der Waals surface area contributed by atoms with Crippen LogP contribution < -0.4 is 0 Å². The Bertz CT molecular complexity index is 159. The first-order valence-electron chi connectivity index (χ1n) is 5.43. The van der Waals surface area contributed by atoms with Crippen molar-refractivity contribution in [1.29, 1.82) is 0 Å². The zero-order chi connectivity index (χ0) is 10.6. The summed E-state index contributed by atoms with van der Waals surface area (Å²) in [6.07, 6.45) is 4.33. The van der Waals surface area contributed by atoms with Gasteiger partial charge >= 0.3 is 0 Å². The number of hydrogen-bond donors (Lipinski definition) is 0. The molecule has 1 saturated carbocycles. The van der Waals surface area contributed by atoms with E-state index in [0.29, 0.717) is 16.8 Å². The van der Waals surface area contributed by atoms with Crippen LogP contribution in [0.1, 0.15) is 33.1 Å². The van der Waals surface area contributed by atoms with Gasteiger partial charge < -0.3 is 9.47 Å². The van der Waals surface area contributed by atoms with Gasteiger partial charge in [0, 0.05) is 11.9 Å². The lowest BCUT2D eigenvalue weighted by atomic mass is 10.1. The zero-order valence-corrected chi connectivity index (χ0v) is 10.9. The topological polar surface area (TPSA) is 18.5 Å². The van der Waals surface area contributed by atoms with E-state index in [9.17, 15) is 0 Å². The quantitative estimate of drug-likeness (QED) is 0.711. The molecule has 1 rings (SSSR count). The first-order valence-corrected chi connectivity index (χ1v) is 6.35. The lowest BCUT2D eigenvalue weighted by Crippen LogP contribution is -2.29. The molecule has 14 heavy (non-hydrogen) atoms. The van der Waals surface area contributed by atoms with E-state index in [1.807, 2.05) is 0 Å². The van der Waals surface area contributed by atoms with Gasteiger partial charge in [-0.2, -0.15) is 0 Å². The summed E-state index contributed by atoms with van der Waals surface area (Å²) in [5.41, 5.74) is 0. The third-order valence-electron chi connectivity index (χ3n) is 2.89. The molecule has 0 spiro atoms. The van der Waals surface area contributed by atoms with Crippen molar-refractivity contribution < 1.29 is 9.47 Å². The lowest BCUT2D eigenvalue weighted by molar-refractivity contribution is -0.0408. The highest BCUT2D eigenvalue weighted by Gasteiger charge is 2.26. The Hall–Kier alpha value is 0.400. The van der Waals surface area contributed by atoms with Gasteiger partial charge in [0.1, 0.15) is 0 Å². The van der Waals surface area contributed by atoms with Crippen LogP contribution in [-0.4, -0.2) is 30.8 Å². The minimum Gasteiger partial charge on any atom is -0.379 e. The number of ether oxygens (including phenoxy) is 2. The fourth-order valence-corrected chi connectivity index (χ4v) is 2.56. The molecule has 0 aliphatic heterocycles. The molecular weight excluding hydrogens is 244 g/mol. The number of hydrogen-bond acceptors (Lipinski definition) is 2. The summed E-state index contributed by atoms with van der Waals surface area (Å²) in [6.45, 7) is 5.05. The molecular formula is C11H21BrO2. The lowest BCUT2D eigenvalue weighted by Gasteiger charge is -2.22. The highest BCUT2D eigenvalue weighted by molar-refractivity contribution is 9.09. The van der Waals surface area contributed by atoms with Crippen LogP contribution in [0.5, 0.6) is 0 Å². The number of methoxy groups -OCH3 is 1. The molecule has 0 aromatic rings. The molecule has 3 heteroatoms. The molecule has 2 nitrogen and oxygen atoms in total. The Morgan fingerprint density at radius 3 is 2.50 bits per heavy atom. The third-order valence-corrected chi connectivity index (χ3v) is 3.94. The van der Waals surface area contributed by atoms with Crippen LogP contribution in [0, 0.1) is 5.92 Å². The van der Waals surface area contributed by atoms with Gasteiger partial charge in [-0.1, -0.05) is 29.8 Å². The molecule has 1 aliphatic carbocycles. The second-order valence-electron chi connectivity index (χ2n) is 4.34. The van der Waals surface area contributed by atoms with Gasteiger partial charge in [-0.25, -0.2) is 0 Å². The van der Waals surface area contributed by atoms with Gasteiger partial charge in [0.25, 0.3) is 0 Å². The summed E-state index contributed by atoms with van der Waals surface area (Å²) in [4.78, 5) is 0.548. The molecule has 0 aromatic heterocycles. The Balaban J connectivity index is 2.24. The van der Waals surface area contributed by atoms with E-state index in [1.54, 1.807) is 7.11 Å². The van der Waals surface area contributed by atoms with Crippen molar-refractivity contribution >= 4 is 15.9 Å². The van der Waals surface area contributed by atoms with E-state index in [4.69, 9.17) is 9.47 Å². The summed E-state index contributed by atoms with van der Waals surface area (Å²) in [5.74, 6) is 0.523. The predicted molar refractivity (Wildman–Crippen MR) is 61.9 cm³/mol. The zero-order valence-electron chi connectivity index (χ0n) is 9.33. The molecule has 0 amide bonds. The maximum atomic E-state index is 5.86. The predicted octanol–water partition coefficient (Wildman–Crippen LogP) is 2.99. The average molecular weight is 265 g/mol. The molecule has 1 fully saturated rings. The van der Waals surface area contributed by atoms with E-state index < -0.39 is 0 Å². The minimum absolute atomic E-state index is 0.232. The normalized spacial score (nSPS) is 29.8. The monoisotopic (exact) mass is 264 g/mol. The van der Waals surface area contributed by atoms with Gasteiger partial charge in [0.2, 0.25) is 0 Å². The van der Waals surface area contributed by atoms with Crippen molar-refractivity contribution in [2.24, 2.45) is 5.92 Å². The van der Waals surface area contributed by atoms with Gasteiger partial charge in [-0.3, -0.25) is 0 Å². The third kappa shape index (κ3) is 3.52. The molecule has 0 aromatic carbocycles. The average Bonchev–Trinajstić information content (AvgIpc) is 2.52. The smallest absolute Gasteiger partial charge is 0.0827 e. The minimum atomic E-state index is 0.232. The van der Waals surface area contributed by atoms with Crippen molar-refractivity contribution in [2.45, 2.75) is 50.1 Å². The Labute approximate surface area is 95.5 Å². The van der Waals surface area contributed by atoms with Crippen LogP contribution in [0.25, 0.3) is 0 Å². The molecule has 0 N–H and O–H groups in total. The van der Waals surface area contributed by atoms with E-state index in [1.165, 1.54) is 19.3 Å². The Morgan fingerprint density at radius 1 is 1.36 bits per heavy atom. The van der Waals surface area contributed by atoms with E-state index in [0.717, 1.165) is 6.61 Å². The van der Waals surface area contributed by atoms with Crippen molar-refractivity contribution in [1.82, 2.24) is 0 Å². The second kappa shape index (κ2) is 6.09. The highest BCUT2D eigenvalue weighted by atomic mass is 79.9. The molecule has 1 aliphatic rings.